The average Bonchev–Trinajstić information content (AvgIpc) is 1.80. The minimum atomic E-state index is -4.34. The number of thioether (sulfide) groups is 2. The van der Waals surface area contributed by atoms with Gasteiger partial charge in [0.2, 0.25) is 65.1 Å². The maximum Gasteiger partial charge on any atom is 0.315 e. The van der Waals surface area contributed by atoms with Gasteiger partial charge in [0.1, 0.15) is 12.1 Å². The SMILES string of the molecule is CCNC(=O)CCC(NC(=O)CCCCCNC(=O)CCCC[C@H]1SC[C@H]2NC(=O)N[C@H]21)C(=O)NC1CCN(c2nc(N3CCC(NC(=O)C(CCC(=O)NCCS(=O)(=O)O)NC(=O)CCCCCNC(=O)CCCCC4SC[C@@H]5NC(=O)N[C@H]45)CC3)nc(N3CCC(C(=O)O)CC3)n2)CC1. The van der Waals surface area contributed by atoms with E-state index in [4.69, 9.17) is 19.5 Å². The Bertz CT molecular complexity index is 3100. The van der Waals surface area contributed by atoms with Crippen LogP contribution in [0.2, 0.25) is 0 Å². The van der Waals surface area contributed by atoms with E-state index in [1.807, 2.05) is 38.2 Å². The molecule has 12 amide bonds. The van der Waals surface area contributed by atoms with Gasteiger partial charge in [-0.05, 0) is 110 Å². The zero-order valence-electron chi connectivity index (χ0n) is 58.0. The number of rotatable bonds is 42. The number of piperidine rings is 3. The molecule has 7 saturated heterocycles. The number of anilines is 3. The molecule has 0 radical (unpaired) electrons. The van der Waals surface area contributed by atoms with Crippen LogP contribution < -0.4 is 78.5 Å². The van der Waals surface area contributed by atoms with Crippen molar-refractivity contribution >= 4 is 117 Å². The second kappa shape index (κ2) is 40.6. The Kier molecular flexibility index (Phi) is 31.9. The van der Waals surface area contributed by atoms with Gasteiger partial charge in [-0.2, -0.15) is 46.9 Å². The number of carboxylic acid groups (broad SMARTS) is 1. The van der Waals surface area contributed by atoms with Crippen LogP contribution in [0.5, 0.6) is 0 Å². The molecule has 33 nitrogen and oxygen atoms in total. The van der Waals surface area contributed by atoms with Gasteiger partial charge in [0.15, 0.2) is 0 Å². The largest absolute Gasteiger partial charge is 0.481 e. The number of carboxylic acids is 1. The number of nitrogens with zero attached hydrogens (tertiary/aromatic N) is 6. The second-order valence-corrected chi connectivity index (χ2v) is 31.5. The van der Waals surface area contributed by atoms with Crippen molar-refractivity contribution in [2.75, 3.05) is 97.4 Å². The van der Waals surface area contributed by atoms with Gasteiger partial charge in [0.25, 0.3) is 10.1 Å². The summed E-state index contributed by atoms with van der Waals surface area (Å²) in [4.78, 5) is 161. The summed E-state index contributed by atoms with van der Waals surface area (Å²) in [5, 5.41) is 45.3. The Hall–Kier alpha value is -7.21. The van der Waals surface area contributed by atoms with Crippen molar-refractivity contribution in [3.63, 3.8) is 0 Å². The number of carbonyl (C=O) groups excluding carboxylic acids is 10. The Balaban J connectivity index is 0.780. The summed E-state index contributed by atoms with van der Waals surface area (Å²) in [6.07, 6.45) is 12.3. The Labute approximate surface area is 599 Å². The third-order valence-corrected chi connectivity index (χ3v) is 23.4. The molecule has 14 N–H and O–H groups in total. The summed E-state index contributed by atoms with van der Waals surface area (Å²) in [5.74, 6) is -1.63. The maximum atomic E-state index is 14.0. The number of carbonyl (C=O) groups is 11. The number of aliphatic carboxylic acids is 1. The number of unbranched alkanes of at least 4 members (excludes halogenated alkanes) is 6. The first-order chi connectivity index (χ1) is 48.6. The van der Waals surface area contributed by atoms with E-state index in [1.54, 1.807) is 6.92 Å². The predicted octanol–water partition coefficient (Wildman–Crippen LogP) is 0.817. The lowest BCUT2D eigenvalue weighted by molar-refractivity contribution is -0.142. The molecule has 1 aromatic rings. The van der Waals surface area contributed by atoms with E-state index in [2.05, 4.69) is 63.8 Å². The van der Waals surface area contributed by atoms with E-state index in [1.165, 1.54) is 0 Å². The smallest absolute Gasteiger partial charge is 0.315 e. The minimum Gasteiger partial charge on any atom is -0.481 e. The van der Waals surface area contributed by atoms with Crippen LogP contribution in [0.25, 0.3) is 0 Å². The highest BCUT2D eigenvalue weighted by Crippen LogP contribution is 2.35. The van der Waals surface area contributed by atoms with Gasteiger partial charge < -0.3 is 83.6 Å². The summed E-state index contributed by atoms with van der Waals surface area (Å²) in [7, 11) is -4.34. The topological polar surface area (TPSA) is 455 Å². The normalized spacial score (nSPS) is 22.1. The molecule has 0 spiro atoms. The van der Waals surface area contributed by atoms with Crippen molar-refractivity contribution in [2.45, 2.75) is 233 Å². The highest BCUT2D eigenvalue weighted by Gasteiger charge is 2.44. The highest BCUT2D eigenvalue weighted by molar-refractivity contribution is 8.00. The summed E-state index contributed by atoms with van der Waals surface area (Å²) in [6, 6.07) is -2.34. The molecule has 0 bridgehead atoms. The van der Waals surface area contributed by atoms with Crippen LogP contribution in [0.15, 0.2) is 0 Å². The third kappa shape index (κ3) is 26.8. The fourth-order valence-electron chi connectivity index (χ4n) is 13.8. The average molecular weight is 1480 g/mol. The Morgan fingerprint density at radius 1 is 0.495 bits per heavy atom. The van der Waals surface area contributed by atoms with Gasteiger partial charge in [0.05, 0.1) is 35.8 Å². The number of urea groups is 2. The quantitative estimate of drug-likeness (QED) is 0.0245. The van der Waals surface area contributed by atoms with Crippen LogP contribution in [-0.2, 0) is 53.3 Å². The van der Waals surface area contributed by atoms with Crippen LogP contribution in [0.3, 0.4) is 0 Å². The van der Waals surface area contributed by atoms with Crippen molar-refractivity contribution < 1.29 is 70.8 Å². The number of aromatic nitrogens is 3. The van der Waals surface area contributed by atoms with E-state index in [-0.39, 0.29) is 117 Å². The molecule has 0 saturated carbocycles. The number of fused-ring (bicyclic) bond motifs is 2. The van der Waals surface area contributed by atoms with Crippen molar-refractivity contribution in [1.29, 1.82) is 0 Å². The van der Waals surface area contributed by atoms with E-state index >= 15 is 0 Å². The van der Waals surface area contributed by atoms with E-state index < -0.39 is 63.5 Å². The zero-order valence-corrected chi connectivity index (χ0v) is 60.5. The van der Waals surface area contributed by atoms with Gasteiger partial charge in [-0.3, -0.25) is 47.7 Å². The summed E-state index contributed by atoms with van der Waals surface area (Å²) in [6.45, 7) is 5.29. The maximum absolute atomic E-state index is 14.0. The molecular formula is C65H106N18O15S3. The summed E-state index contributed by atoms with van der Waals surface area (Å²) in [5.41, 5.74) is 0. The number of amides is 12. The van der Waals surface area contributed by atoms with Crippen LogP contribution >= 0.6 is 23.5 Å². The summed E-state index contributed by atoms with van der Waals surface area (Å²) < 4.78 is 31.7. The van der Waals surface area contributed by atoms with Crippen molar-refractivity contribution in [2.24, 2.45) is 5.92 Å². The molecule has 0 aromatic carbocycles. The molecule has 7 aliphatic heterocycles. The van der Waals surface area contributed by atoms with Crippen LogP contribution in [-0.4, -0.2) is 240 Å². The monoisotopic (exact) mass is 1470 g/mol. The minimum absolute atomic E-state index is 0.0173. The first kappa shape index (κ1) is 79.5. The van der Waals surface area contributed by atoms with E-state index in [0.717, 1.165) is 50.0 Å². The van der Waals surface area contributed by atoms with Gasteiger partial charge in [0, 0.05) is 138 Å². The predicted molar refractivity (Wildman–Crippen MR) is 380 cm³/mol. The first-order valence-corrected chi connectivity index (χ1v) is 40.1. The lowest BCUT2D eigenvalue weighted by Crippen LogP contribution is -2.53. The second-order valence-electron chi connectivity index (χ2n) is 27.3. The molecule has 7 aliphatic rings. The lowest BCUT2D eigenvalue weighted by atomic mass is 9.97. The molecule has 101 heavy (non-hydrogen) atoms. The zero-order chi connectivity index (χ0) is 72.3. The highest BCUT2D eigenvalue weighted by atomic mass is 32.2. The Morgan fingerprint density at radius 3 is 1.28 bits per heavy atom. The molecule has 1 aromatic heterocycles. The van der Waals surface area contributed by atoms with Crippen molar-refractivity contribution in [3.05, 3.63) is 0 Å². The molecule has 0 aliphatic carbocycles. The molecule has 7 fully saturated rings. The van der Waals surface area contributed by atoms with Gasteiger partial charge >= 0.3 is 18.0 Å². The number of hydrogen-bond donors (Lipinski definition) is 14. The van der Waals surface area contributed by atoms with Gasteiger partial charge in [-0.25, -0.2) is 9.59 Å². The molecule has 8 atom stereocenters. The number of nitrogens with one attached hydrogen (secondary N) is 12. The lowest BCUT2D eigenvalue weighted by Gasteiger charge is -2.36. The van der Waals surface area contributed by atoms with E-state index in [9.17, 15) is 66.3 Å². The molecule has 8 rings (SSSR count). The fraction of sp³-hybridized carbons (Fsp3) is 0.785. The molecular weight excluding hydrogens is 1370 g/mol. The van der Waals surface area contributed by atoms with Gasteiger partial charge in [-0.1, -0.05) is 25.7 Å². The van der Waals surface area contributed by atoms with Crippen LogP contribution in [0.4, 0.5) is 27.4 Å². The van der Waals surface area contributed by atoms with Crippen LogP contribution in [0.1, 0.15) is 174 Å². The molecule has 3 unspecified atom stereocenters. The first-order valence-electron chi connectivity index (χ1n) is 36.4. The van der Waals surface area contributed by atoms with E-state index in [0.29, 0.717) is 177 Å². The Morgan fingerprint density at radius 2 is 0.871 bits per heavy atom. The summed E-state index contributed by atoms with van der Waals surface area (Å²) >= 11 is 3.70. The molecule has 36 heteroatoms. The third-order valence-electron chi connectivity index (χ3n) is 19.6. The van der Waals surface area contributed by atoms with Crippen molar-refractivity contribution in [1.82, 2.24) is 78.8 Å². The van der Waals surface area contributed by atoms with Crippen LogP contribution in [0, 0.1) is 5.92 Å². The fourth-order valence-corrected chi connectivity index (χ4v) is 17.3. The molecule has 8 heterocycles. The van der Waals surface area contributed by atoms with Crippen molar-refractivity contribution in [3.8, 4) is 0 Å². The standard InChI is InChI=1S/C65H106N18O15S3/c1-2-66-52(86)21-19-44(72-54(88)17-5-3-11-29-67-50(84)15-9-7-13-48-56-46(39-99-48)74-64(94)76-56)58(90)70-42-25-34-82(35-26-42)62-78-61(81-32-23-41(24-33-81)60(92)93)79-63(80-62)83-36-27-43(28-37-83)71-59(91)45(20-22-53(87)69-31-38-101(96,97)98)73-55(89)18-6-4-12-30-68-51(85)16-10-8-14-49-57-47(40-100-49)75-65(95)77-57/h41-49,56-57H,2-40H2,1H3,(H,66,86)(H,67,84)(H,68,85)(H,69,87)(H,70,90)(H,71,91)(H,72,88)(H,73,89)(H,92,93)(H2,74,76,94)(H2,75,77,95)(H,96,97,98)/t44?,45?,46-,47+,48-,49?,56-,57+/m1/s1. The molecule has 564 valence electrons. The van der Waals surface area contributed by atoms with Gasteiger partial charge in [-0.15, -0.1) is 0 Å². The number of hydrogen-bond acceptors (Lipinski definition) is 21.